The summed E-state index contributed by atoms with van der Waals surface area (Å²) < 4.78 is 17.5. The normalized spacial score (nSPS) is 26.4. The Labute approximate surface area is 119 Å². The Morgan fingerprint density at radius 1 is 1.15 bits per heavy atom. The van der Waals surface area contributed by atoms with E-state index in [9.17, 15) is 0 Å². The van der Waals surface area contributed by atoms with Crippen LogP contribution in [0.15, 0.2) is 29.4 Å². The Morgan fingerprint density at radius 2 is 1.85 bits per heavy atom. The Kier molecular flexibility index (Phi) is 3.03. The molecule has 0 aliphatic carbocycles. The molecule has 0 amide bonds. The van der Waals surface area contributed by atoms with Crippen molar-refractivity contribution in [3.63, 3.8) is 0 Å². The summed E-state index contributed by atoms with van der Waals surface area (Å²) in [6.07, 6.45) is 1.17. The van der Waals surface area contributed by atoms with E-state index >= 15 is 0 Å². The van der Waals surface area contributed by atoms with Crippen molar-refractivity contribution in [2.75, 3.05) is 0 Å². The van der Waals surface area contributed by atoms with Crippen molar-refractivity contribution in [3.05, 3.63) is 29.8 Å². The first kappa shape index (κ1) is 13.5. The molecular weight excluding hydrogens is 255 g/mol. The van der Waals surface area contributed by atoms with E-state index in [1.807, 2.05) is 52.0 Å². The zero-order valence-corrected chi connectivity index (χ0v) is 12.2. The van der Waals surface area contributed by atoms with Crippen molar-refractivity contribution in [2.24, 2.45) is 5.10 Å². The third kappa shape index (κ3) is 2.19. The molecule has 20 heavy (non-hydrogen) atoms. The first-order valence-corrected chi connectivity index (χ1v) is 6.77. The Balaban J connectivity index is 1.83. The summed E-state index contributed by atoms with van der Waals surface area (Å²) in [7, 11) is -0.359. The lowest BCUT2D eigenvalue weighted by atomic mass is 9.78. The molecule has 5 nitrogen and oxygen atoms in total. The van der Waals surface area contributed by atoms with E-state index in [0.29, 0.717) is 0 Å². The lowest BCUT2D eigenvalue weighted by Gasteiger charge is -2.32. The Hall–Kier alpha value is -1.53. The number of rotatable bonds is 2. The lowest BCUT2D eigenvalue weighted by Crippen LogP contribution is -2.41. The molecule has 106 valence electrons. The average molecular weight is 274 g/mol. The molecule has 6 heteroatoms. The number of hydrogen-bond acceptors (Lipinski definition) is 5. The van der Waals surface area contributed by atoms with Gasteiger partial charge >= 0.3 is 7.12 Å². The maximum absolute atomic E-state index is 6.05. The first-order valence-electron chi connectivity index (χ1n) is 6.77. The van der Waals surface area contributed by atoms with E-state index in [-0.39, 0.29) is 24.5 Å². The molecule has 1 fully saturated rings. The molecule has 2 aliphatic rings. The number of ether oxygens (including phenoxy) is 1. The predicted molar refractivity (Wildman–Crippen MR) is 77.6 cm³/mol. The number of hydrogen-bond donors (Lipinski definition) is 1. The van der Waals surface area contributed by atoms with Crippen LogP contribution in [0, 0.1) is 0 Å². The van der Waals surface area contributed by atoms with Gasteiger partial charge in [0.15, 0.2) is 6.40 Å². The van der Waals surface area contributed by atoms with Gasteiger partial charge in [0.2, 0.25) is 6.23 Å². The van der Waals surface area contributed by atoms with Crippen LogP contribution in [0.3, 0.4) is 0 Å². The largest absolute Gasteiger partial charge is 0.494 e. The summed E-state index contributed by atoms with van der Waals surface area (Å²) in [6, 6.07) is 7.98. The summed E-state index contributed by atoms with van der Waals surface area (Å²) in [5, 5.41) is 3.85. The SMILES string of the molecule is CC1(C)OB(c2cccc(C3NN=CO3)c2)OC1(C)C. The van der Waals surface area contributed by atoms with E-state index < -0.39 is 0 Å². The van der Waals surface area contributed by atoms with E-state index in [0.717, 1.165) is 11.0 Å². The zero-order chi connectivity index (χ0) is 14.4. The van der Waals surface area contributed by atoms with E-state index in [1.165, 1.54) is 6.40 Å². The molecule has 1 atom stereocenters. The fraction of sp³-hybridized carbons (Fsp3) is 0.500. The van der Waals surface area contributed by atoms with Crippen LogP contribution in [0.5, 0.6) is 0 Å². The molecule has 2 aliphatic heterocycles. The third-order valence-corrected chi connectivity index (χ3v) is 4.18. The molecule has 2 heterocycles. The van der Waals surface area contributed by atoms with Gasteiger partial charge in [0.05, 0.1) is 11.2 Å². The maximum atomic E-state index is 6.05. The highest BCUT2D eigenvalue weighted by molar-refractivity contribution is 6.62. The van der Waals surface area contributed by atoms with Gasteiger partial charge in [0, 0.05) is 5.56 Å². The second-order valence-corrected chi connectivity index (χ2v) is 6.14. The highest BCUT2D eigenvalue weighted by atomic mass is 16.7. The molecule has 0 spiro atoms. The van der Waals surface area contributed by atoms with Crippen LogP contribution in [-0.4, -0.2) is 24.7 Å². The van der Waals surface area contributed by atoms with Gasteiger partial charge in [0.1, 0.15) is 0 Å². The summed E-state index contributed by atoms with van der Waals surface area (Å²) in [4.78, 5) is 0. The molecule has 1 aromatic rings. The fourth-order valence-electron chi connectivity index (χ4n) is 2.22. The second kappa shape index (κ2) is 4.50. The molecule has 1 unspecified atom stereocenters. The quantitative estimate of drug-likeness (QED) is 0.831. The minimum atomic E-state index is -0.359. The van der Waals surface area contributed by atoms with Crippen LogP contribution in [-0.2, 0) is 14.0 Å². The molecule has 3 rings (SSSR count). The fourth-order valence-corrected chi connectivity index (χ4v) is 2.22. The zero-order valence-electron chi connectivity index (χ0n) is 12.2. The summed E-state index contributed by atoms with van der Waals surface area (Å²) >= 11 is 0. The van der Waals surface area contributed by atoms with Crippen molar-refractivity contribution in [2.45, 2.75) is 45.1 Å². The monoisotopic (exact) mass is 274 g/mol. The number of hydrazone groups is 1. The molecule has 1 aromatic carbocycles. The Morgan fingerprint density at radius 3 is 2.45 bits per heavy atom. The molecule has 0 bridgehead atoms. The van der Waals surface area contributed by atoms with Crippen LogP contribution >= 0.6 is 0 Å². The minimum absolute atomic E-state index is 0.239. The molecular formula is C14H19BN2O3. The Bertz CT molecular complexity index is 521. The van der Waals surface area contributed by atoms with Crippen LogP contribution < -0.4 is 10.9 Å². The number of benzene rings is 1. The molecule has 1 saturated heterocycles. The average Bonchev–Trinajstić information content (AvgIpc) is 2.97. The van der Waals surface area contributed by atoms with Gasteiger partial charge in [0.25, 0.3) is 0 Å². The van der Waals surface area contributed by atoms with Crippen LogP contribution in [0.1, 0.15) is 39.5 Å². The van der Waals surface area contributed by atoms with E-state index in [2.05, 4.69) is 10.5 Å². The topological polar surface area (TPSA) is 52.1 Å². The highest BCUT2D eigenvalue weighted by Crippen LogP contribution is 2.36. The summed E-state index contributed by atoms with van der Waals surface area (Å²) in [6.45, 7) is 8.19. The van der Waals surface area contributed by atoms with Gasteiger partial charge in [-0.1, -0.05) is 24.3 Å². The standard InChI is InChI=1S/C14H19BN2O3/c1-13(2)14(3,4)20-15(19-13)11-7-5-6-10(8-11)12-17-16-9-18-12/h5-9,12,17H,1-4H3. The highest BCUT2D eigenvalue weighted by Gasteiger charge is 2.51. The van der Waals surface area contributed by atoms with Crippen LogP contribution in [0.2, 0.25) is 0 Å². The van der Waals surface area contributed by atoms with Gasteiger partial charge in [-0.05, 0) is 33.2 Å². The van der Waals surface area contributed by atoms with Crippen molar-refractivity contribution in [1.29, 1.82) is 0 Å². The van der Waals surface area contributed by atoms with Crippen molar-refractivity contribution in [1.82, 2.24) is 5.43 Å². The van der Waals surface area contributed by atoms with E-state index in [4.69, 9.17) is 14.0 Å². The molecule has 0 radical (unpaired) electrons. The third-order valence-electron chi connectivity index (χ3n) is 4.18. The first-order chi connectivity index (χ1) is 9.39. The predicted octanol–water partition coefficient (Wildman–Crippen LogP) is 1.55. The van der Waals surface area contributed by atoms with Gasteiger partial charge in [-0.25, -0.2) is 0 Å². The molecule has 1 N–H and O–H groups in total. The van der Waals surface area contributed by atoms with Gasteiger partial charge in [-0.3, -0.25) is 5.43 Å². The number of nitrogens with zero attached hydrogens (tertiary/aromatic N) is 1. The van der Waals surface area contributed by atoms with Crippen LogP contribution in [0.4, 0.5) is 0 Å². The number of nitrogens with one attached hydrogen (secondary N) is 1. The van der Waals surface area contributed by atoms with Crippen molar-refractivity contribution in [3.8, 4) is 0 Å². The van der Waals surface area contributed by atoms with Crippen molar-refractivity contribution < 1.29 is 14.0 Å². The summed E-state index contributed by atoms with van der Waals surface area (Å²) in [5.74, 6) is 0. The van der Waals surface area contributed by atoms with Gasteiger partial charge < -0.3 is 14.0 Å². The molecule has 0 aromatic heterocycles. The van der Waals surface area contributed by atoms with E-state index in [1.54, 1.807) is 0 Å². The smallest absolute Gasteiger partial charge is 0.453 e. The van der Waals surface area contributed by atoms with Crippen molar-refractivity contribution >= 4 is 19.0 Å². The molecule has 0 saturated carbocycles. The maximum Gasteiger partial charge on any atom is 0.494 e. The summed E-state index contributed by atoms with van der Waals surface area (Å²) in [5.41, 5.74) is 4.20. The van der Waals surface area contributed by atoms with Gasteiger partial charge in [-0.15, -0.1) is 5.10 Å². The minimum Gasteiger partial charge on any atom is -0.453 e. The van der Waals surface area contributed by atoms with Gasteiger partial charge in [-0.2, -0.15) is 0 Å². The lowest BCUT2D eigenvalue weighted by molar-refractivity contribution is 0.00578. The van der Waals surface area contributed by atoms with Crippen LogP contribution in [0.25, 0.3) is 0 Å². The second-order valence-electron chi connectivity index (χ2n) is 6.14.